The van der Waals surface area contributed by atoms with E-state index in [1.807, 2.05) is 16.9 Å². The molecule has 17 heteroatoms. The van der Waals surface area contributed by atoms with E-state index in [0.29, 0.717) is 17.7 Å². The monoisotopic (exact) mass is 611 g/mol. The van der Waals surface area contributed by atoms with E-state index in [4.69, 9.17) is 10.6 Å². The average molecular weight is 612 g/mol. The van der Waals surface area contributed by atoms with E-state index >= 15 is 0 Å². The first-order valence-corrected chi connectivity index (χ1v) is 14.7. The number of rotatable bonds is 11. The van der Waals surface area contributed by atoms with Crippen molar-refractivity contribution < 1.29 is 43.9 Å². The number of thioether (sulfide) groups is 1. The minimum atomic E-state index is -1.76. The molecule has 0 saturated carbocycles. The van der Waals surface area contributed by atoms with Crippen LogP contribution in [0.4, 0.5) is 5.13 Å². The molecule has 0 unspecified atom stereocenters. The molecule has 40 heavy (non-hydrogen) atoms. The summed E-state index contributed by atoms with van der Waals surface area (Å²) in [4.78, 5) is 60.4. The fraction of sp³-hybridized carbons (Fsp3) is 0.435. The molecule has 2 aliphatic heterocycles. The second-order valence-electron chi connectivity index (χ2n) is 9.37. The fourth-order valence-corrected chi connectivity index (χ4v) is 6.85. The zero-order valence-electron chi connectivity index (χ0n) is 21.6. The molecule has 0 aromatic carbocycles. The number of aliphatic carboxylic acids is 2. The quantitative estimate of drug-likeness (QED) is 0.0984. The molecule has 2 aliphatic rings. The molecule has 6 N–H and O–H groups in total. The summed E-state index contributed by atoms with van der Waals surface area (Å²) in [5.74, 6) is -3.77. The lowest BCUT2D eigenvalue weighted by Gasteiger charge is -2.49. The van der Waals surface area contributed by atoms with Gasteiger partial charge in [0.2, 0.25) is 10.6 Å². The number of nitrogens with zero attached hydrogens (tertiary/aromatic N) is 4. The van der Waals surface area contributed by atoms with Gasteiger partial charge in [-0.25, -0.2) is 14.6 Å². The van der Waals surface area contributed by atoms with E-state index in [1.165, 1.54) is 42.3 Å². The summed E-state index contributed by atoms with van der Waals surface area (Å²) in [7, 11) is 0. The summed E-state index contributed by atoms with van der Waals surface area (Å²) < 4.78 is 1.92. The molecule has 2 aromatic rings. The Balaban J connectivity index is 1.57. The average Bonchev–Trinajstić information content (AvgIpc) is 3.47. The summed E-state index contributed by atoms with van der Waals surface area (Å²) in [5.41, 5.74) is 4.86. The van der Waals surface area contributed by atoms with Gasteiger partial charge in [0.25, 0.3) is 11.8 Å². The molecule has 14 nitrogen and oxygen atoms in total. The lowest BCUT2D eigenvalue weighted by atomic mass is 10.0. The SMILES string of the molecule is Cc1csc(CCO)[n+]1CC1=C(C(=O)O)N2C(=O)[C@@H](NC(=O)/C(=N\OC(C)(C)C(=O)O)c3csc(N)n3)[C@H]2SC1. The van der Waals surface area contributed by atoms with Crippen molar-refractivity contribution in [3.05, 3.63) is 38.4 Å². The van der Waals surface area contributed by atoms with Crippen LogP contribution in [0.1, 0.15) is 30.2 Å². The summed E-state index contributed by atoms with van der Waals surface area (Å²) in [6.07, 6.45) is 0.419. The van der Waals surface area contributed by atoms with Gasteiger partial charge in [-0.2, -0.15) is 4.57 Å². The lowest BCUT2D eigenvalue weighted by molar-refractivity contribution is -0.697. The third-order valence-corrected chi connectivity index (χ3v) is 9.33. The van der Waals surface area contributed by atoms with Gasteiger partial charge in [0, 0.05) is 23.6 Å². The summed E-state index contributed by atoms with van der Waals surface area (Å²) in [6, 6.07) is -1.07. The molecular weight excluding hydrogens is 584 g/mol. The summed E-state index contributed by atoms with van der Waals surface area (Å²) >= 11 is 3.79. The molecule has 214 valence electrons. The van der Waals surface area contributed by atoms with Crippen LogP contribution in [-0.4, -0.2) is 84.0 Å². The Hall–Kier alpha value is -3.54. The Bertz CT molecular complexity index is 1430. The normalized spacial score (nSPS) is 19.2. The highest BCUT2D eigenvalue weighted by atomic mass is 32.2. The summed E-state index contributed by atoms with van der Waals surface area (Å²) in [5, 5.41) is 38.7. The maximum Gasteiger partial charge on any atom is 0.352 e. The van der Waals surface area contributed by atoms with Crippen molar-refractivity contribution in [3.63, 3.8) is 0 Å². The number of anilines is 1. The molecule has 2 atom stereocenters. The van der Waals surface area contributed by atoms with E-state index in [9.17, 15) is 34.5 Å². The fourth-order valence-electron chi connectivity index (χ4n) is 3.98. The topological polar surface area (TPSA) is 209 Å². The van der Waals surface area contributed by atoms with Crippen LogP contribution in [0, 0.1) is 6.92 Å². The highest BCUT2D eigenvalue weighted by molar-refractivity contribution is 8.00. The number of aryl methyl sites for hydroxylation is 1. The second kappa shape index (κ2) is 11.5. The van der Waals surface area contributed by atoms with Gasteiger partial charge in [-0.15, -0.1) is 23.1 Å². The minimum Gasteiger partial charge on any atom is -0.478 e. The summed E-state index contributed by atoms with van der Waals surface area (Å²) in [6.45, 7) is 4.57. The van der Waals surface area contributed by atoms with Crippen LogP contribution in [0.3, 0.4) is 0 Å². The third-order valence-electron chi connectivity index (χ3n) is 6.16. The number of carbonyl (C=O) groups excluding carboxylic acids is 2. The minimum absolute atomic E-state index is 0.0244. The predicted octanol–water partition coefficient (Wildman–Crippen LogP) is -0.0598. The molecule has 0 radical (unpaired) electrons. The highest BCUT2D eigenvalue weighted by Gasteiger charge is 2.55. The van der Waals surface area contributed by atoms with Crippen LogP contribution in [0.15, 0.2) is 27.2 Å². The second-order valence-corrected chi connectivity index (χ2v) is 12.3. The number of hydrogen-bond donors (Lipinski definition) is 5. The molecule has 4 rings (SSSR count). The molecule has 0 aliphatic carbocycles. The number of nitrogen functional groups attached to an aromatic ring is 1. The van der Waals surface area contributed by atoms with Crippen molar-refractivity contribution in [2.75, 3.05) is 18.1 Å². The van der Waals surface area contributed by atoms with Crippen molar-refractivity contribution >= 4 is 69.0 Å². The molecule has 1 saturated heterocycles. The zero-order chi connectivity index (χ0) is 29.4. The van der Waals surface area contributed by atoms with Crippen LogP contribution >= 0.6 is 34.4 Å². The molecule has 0 bridgehead atoms. The third kappa shape index (κ3) is 5.67. The first-order chi connectivity index (χ1) is 18.9. The zero-order valence-corrected chi connectivity index (χ0v) is 24.1. The number of fused-ring (bicyclic) bond motifs is 1. The van der Waals surface area contributed by atoms with Gasteiger partial charge < -0.3 is 31.2 Å². The highest BCUT2D eigenvalue weighted by Crippen LogP contribution is 2.40. The van der Waals surface area contributed by atoms with Crippen molar-refractivity contribution in [2.45, 2.75) is 50.8 Å². The van der Waals surface area contributed by atoms with Crippen LogP contribution in [-0.2, 0) is 37.0 Å². The van der Waals surface area contributed by atoms with Gasteiger partial charge in [0.05, 0.1) is 18.4 Å². The largest absolute Gasteiger partial charge is 0.478 e. The van der Waals surface area contributed by atoms with Crippen LogP contribution in [0.5, 0.6) is 0 Å². The molecule has 1 fully saturated rings. The Kier molecular flexibility index (Phi) is 8.48. The maximum absolute atomic E-state index is 13.2. The van der Waals surface area contributed by atoms with Gasteiger partial charge in [0.15, 0.2) is 23.1 Å². The molecule has 0 spiro atoms. The van der Waals surface area contributed by atoms with Gasteiger partial charge >= 0.3 is 11.9 Å². The molecule has 4 heterocycles. The van der Waals surface area contributed by atoms with Crippen molar-refractivity contribution in [1.82, 2.24) is 15.2 Å². The Morgan fingerprint density at radius 3 is 2.62 bits per heavy atom. The van der Waals surface area contributed by atoms with Crippen LogP contribution < -0.4 is 15.6 Å². The molecule has 2 aromatic heterocycles. The van der Waals surface area contributed by atoms with Gasteiger partial charge in [-0.1, -0.05) is 16.5 Å². The Morgan fingerprint density at radius 2 is 2.02 bits per heavy atom. The van der Waals surface area contributed by atoms with E-state index in [0.717, 1.165) is 26.9 Å². The number of nitrogens with two attached hydrogens (primary N) is 1. The Morgan fingerprint density at radius 1 is 1.30 bits per heavy atom. The van der Waals surface area contributed by atoms with Gasteiger partial charge in [0.1, 0.15) is 22.8 Å². The number of hydrogen-bond acceptors (Lipinski definition) is 12. The number of aromatic nitrogens is 2. The molecular formula is C23H27N6O8S3+. The van der Waals surface area contributed by atoms with E-state index < -0.39 is 40.8 Å². The predicted molar refractivity (Wildman–Crippen MR) is 146 cm³/mol. The number of carbonyl (C=O) groups is 4. The van der Waals surface area contributed by atoms with Gasteiger partial charge in [-0.3, -0.25) is 14.5 Å². The van der Waals surface area contributed by atoms with E-state index in [1.54, 1.807) is 0 Å². The number of aliphatic hydroxyl groups excluding tert-OH is 1. The number of oxime groups is 1. The van der Waals surface area contributed by atoms with E-state index in [2.05, 4.69) is 15.5 Å². The number of carboxylic acids is 2. The van der Waals surface area contributed by atoms with Crippen molar-refractivity contribution in [2.24, 2.45) is 5.16 Å². The number of thiazole rings is 2. The molecule has 2 amide bonds. The smallest absolute Gasteiger partial charge is 0.352 e. The van der Waals surface area contributed by atoms with Crippen LogP contribution in [0.2, 0.25) is 0 Å². The lowest BCUT2D eigenvalue weighted by Crippen LogP contribution is -2.71. The van der Waals surface area contributed by atoms with Crippen molar-refractivity contribution in [3.8, 4) is 0 Å². The first-order valence-electron chi connectivity index (χ1n) is 11.8. The number of amides is 2. The standard InChI is InChI=1S/C23H26N6O8S3/c1-10-7-38-13(4-5-30)28(10)6-11-8-39-19-15(18(32)29(19)16(11)20(33)34)26-17(31)14(12-9-40-22(24)25-12)27-37-23(2,3)21(35)36/h7,9,15,19,30H,4-6,8H2,1-3H3,(H4-,24,25,26,31,33,34,35,36)/p+1/b27-14-/t15-,19-/m1/s1. The number of β-lactam (4-membered cyclic amide) rings is 1. The van der Waals surface area contributed by atoms with Crippen LogP contribution in [0.25, 0.3) is 0 Å². The number of nitrogens with one attached hydrogen (secondary N) is 1. The Labute approximate surface area is 240 Å². The number of aliphatic hydroxyl groups is 1. The van der Waals surface area contributed by atoms with Crippen molar-refractivity contribution in [1.29, 1.82) is 0 Å². The van der Waals surface area contributed by atoms with E-state index in [-0.39, 0.29) is 35.4 Å². The maximum atomic E-state index is 13.2. The number of carboxylic acid groups (broad SMARTS) is 2. The van der Waals surface area contributed by atoms with Gasteiger partial charge in [-0.05, 0) is 13.8 Å². The first kappa shape index (κ1) is 29.4.